The zero-order valence-electron chi connectivity index (χ0n) is 16.1. The lowest BCUT2D eigenvalue weighted by Crippen LogP contribution is -2.15. The van der Waals surface area contributed by atoms with Crippen LogP contribution in [0.15, 0.2) is 48.5 Å². The van der Waals surface area contributed by atoms with Gasteiger partial charge in [0.05, 0.1) is 13.2 Å². The van der Waals surface area contributed by atoms with E-state index in [2.05, 4.69) is 4.85 Å². The monoisotopic (exact) mass is 376 g/mol. The molecule has 0 saturated carbocycles. The molecule has 0 spiro atoms. The zero-order valence-corrected chi connectivity index (χ0v) is 16.1. The van der Waals surface area contributed by atoms with E-state index in [1.54, 1.807) is 31.2 Å². The van der Waals surface area contributed by atoms with Crippen molar-refractivity contribution in [3.05, 3.63) is 88.3 Å². The van der Waals surface area contributed by atoms with Gasteiger partial charge in [-0.05, 0) is 49.6 Å². The Bertz CT molecular complexity index is 1040. The topological polar surface area (TPSA) is 35.6 Å². The fraction of sp³-hybridized carbons (Fsp3) is 0.217. The molecule has 2 aromatic carbocycles. The van der Waals surface area contributed by atoms with Crippen molar-refractivity contribution in [3.63, 3.8) is 0 Å². The number of halogens is 1. The van der Waals surface area contributed by atoms with Gasteiger partial charge in [0.2, 0.25) is 0 Å². The molecular weight excluding hydrogens is 355 g/mol. The van der Waals surface area contributed by atoms with Crippen LogP contribution in [0, 0.1) is 26.2 Å². The number of carbonyl (C=O) groups excluding carboxylic acids is 1. The molecule has 3 aromatic rings. The molecule has 0 radical (unpaired) electrons. The molecule has 1 aromatic heterocycles. The Kier molecular flexibility index (Phi) is 5.60. The summed E-state index contributed by atoms with van der Waals surface area (Å²) in [5.41, 5.74) is 5.57. The van der Waals surface area contributed by atoms with Crippen LogP contribution in [0.5, 0.6) is 0 Å². The molecule has 0 aliphatic rings. The van der Waals surface area contributed by atoms with Crippen LogP contribution in [-0.4, -0.2) is 17.1 Å². The van der Waals surface area contributed by atoms with Gasteiger partial charge in [-0.3, -0.25) is 0 Å². The lowest BCUT2D eigenvalue weighted by molar-refractivity contribution is 0.0513. The second kappa shape index (κ2) is 8.10. The SMILES string of the molecule is [C-]#[N+]c1ccc(-c2c(C)c(C(=O)OCC)n(Cc3ccc(F)cc3)c2C)cc1. The molecule has 0 unspecified atom stereocenters. The summed E-state index contributed by atoms with van der Waals surface area (Å²) in [5, 5.41) is 0. The molecule has 0 aliphatic carbocycles. The van der Waals surface area contributed by atoms with Crippen molar-refractivity contribution in [1.82, 2.24) is 4.57 Å². The number of ether oxygens (including phenoxy) is 1. The van der Waals surface area contributed by atoms with Crippen molar-refractivity contribution < 1.29 is 13.9 Å². The van der Waals surface area contributed by atoms with E-state index in [0.29, 0.717) is 17.9 Å². The van der Waals surface area contributed by atoms with Crippen molar-refractivity contribution in [3.8, 4) is 11.1 Å². The summed E-state index contributed by atoms with van der Waals surface area (Å²) in [6.45, 7) is 13.5. The fourth-order valence-electron chi connectivity index (χ4n) is 3.46. The summed E-state index contributed by atoms with van der Waals surface area (Å²) in [6, 6.07) is 13.6. The van der Waals surface area contributed by atoms with E-state index in [1.165, 1.54) is 12.1 Å². The lowest BCUT2D eigenvalue weighted by Gasteiger charge is -2.12. The molecule has 0 bridgehead atoms. The minimum atomic E-state index is -0.380. The third kappa shape index (κ3) is 3.67. The maximum Gasteiger partial charge on any atom is 0.355 e. The molecule has 0 aliphatic heterocycles. The molecule has 0 fully saturated rings. The fourth-order valence-corrected chi connectivity index (χ4v) is 3.46. The minimum Gasteiger partial charge on any atom is -0.461 e. The molecule has 0 atom stereocenters. The predicted octanol–water partition coefficient (Wildman–Crippen LogP) is 5.69. The lowest BCUT2D eigenvalue weighted by atomic mass is 10.0. The van der Waals surface area contributed by atoms with Gasteiger partial charge in [-0.15, -0.1) is 0 Å². The second-order valence-corrected chi connectivity index (χ2v) is 6.53. The van der Waals surface area contributed by atoms with Crippen molar-refractivity contribution in [2.45, 2.75) is 27.3 Å². The van der Waals surface area contributed by atoms with E-state index in [-0.39, 0.29) is 18.4 Å². The van der Waals surface area contributed by atoms with Gasteiger partial charge in [0.15, 0.2) is 5.69 Å². The molecule has 5 heteroatoms. The van der Waals surface area contributed by atoms with E-state index in [9.17, 15) is 9.18 Å². The normalized spacial score (nSPS) is 10.5. The highest BCUT2D eigenvalue weighted by Gasteiger charge is 2.24. The number of hydrogen-bond donors (Lipinski definition) is 0. The van der Waals surface area contributed by atoms with E-state index in [0.717, 1.165) is 27.9 Å². The average Bonchev–Trinajstić information content (AvgIpc) is 2.93. The summed E-state index contributed by atoms with van der Waals surface area (Å²) in [4.78, 5) is 16.1. The van der Waals surface area contributed by atoms with Crippen LogP contribution in [0.4, 0.5) is 10.1 Å². The second-order valence-electron chi connectivity index (χ2n) is 6.53. The highest BCUT2D eigenvalue weighted by atomic mass is 19.1. The Balaban J connectivity index is 2.14. The van der Waals surface area contributed by atoms with Gasteiger partial charge in [0, 0.05) is 17.8 Å². The first-order chi connectivity index (χ1) is 13.5. The number of benzene rings is 2. The highest BCUT2D eigenvalue weighted by Crippen LogP contribution is 2.34. The Hall–Kier alpha value is -3.39. The molecule has 1 heterocycles. The van der Waals surface area contributed by atoms with Crippen molar-refractivity contribution in [2.75, 3.05) is 6.61 Å². The third-order valence-corrected chi connectivity index (χ3v) is 4.77. The molecule has 0 amide bonds. The highest BCUT2D eigenvalue weighted by molar-refractivity contribution is 5.93. The molecule has 4 nitrogen and oxygen atoms in total. The largest absolute Gasteiger partial charge is 0.461 e. The summed E-state index contributed by atoms with van der Waals surface area (Å²) >= 11 is 0. The van der Waals surface area contributed by atoms with Gasteiger partial charge >= 0.3 is 5.97 Å². The number of aromatic nitrogens is 1. The van der Waals surface area contributed by atoms with Crippen LogP contribution < -0.4 is 0 Å². The number of nitrogens with zero attached hydrogens (tertiary/aromatic N) is 2. The molecule has 0 saturated heterocycles. The molecule has 0 N–H and O–H groups in total. The minimum absolute atomic E-state index is 0.286. The number of rotatable bonds is 5. The smallest absolute Gasteiger partial charge is 0.355 e. The Morgan fingerprint density at radius 2 is 1.75 bits per heavy atom. The van der Waals surface area contributed by atoms with E-state index in [4.69, 9.17) is 11.3 Å². The first-order valence-electron chi connectivity index (χ1n) is 9.05. The van der Waals surface area contributed by atoms with Crippen molar-refractivity contribution in [1.29, 1.82) is 0 Å². The molecule has 142 valence electrons. The van der Waals surface area contributed by atoms with Gasteiger partial charge in [-0.1, -0.05) is 36.4 Å². The summed E-state index contributed by atoms with van der Waals surface area (Å²) in [6.07, 6.45) is 0. The Labute approximate surface area is 164 Å². The average molecular weight is 376 g/mol. The predicted molar refractivity (Wildman–Crippen MR) is 107 cm³/mol. The van der Waals surface area contributed by atoms with Crippen LogP contribution in [-0.2, 0) is 11.3 Å². The van der Waals surface area contributed by atoms with Gasteiger partial charge in [-0.25, -0.2) is 14.0 Å². The Morgan fingerprint density at radius 3 is 2.32 bits per heavy atom. The third-order valence-electron chi connectivity index (χ3n) is 4.77. The van der Waals surface area contributed by atoms with Crippen LogP contribution in [0.2, 0.25) is 0 Å². The van der Waals surface area contributed by atoms with Crippen molar-refractivity contribution in [2.24, 2.45) is 0 Å². The number of hydrogen-bond acceptors (Lipinski definition) is 2. The Morgan fingerprint density at radius 1 is 1.11 bits per heavy atom. The van der Waals surface area contributed by atoms with Gasteiger partial charge in [0.25, 0.3) is 0 Å². The van der Waals surface area contributed by atoms with Crippen LogP contribution in [0.25, 0.3) is 16.0 Å². The quantitative estimate of drug-likeness (QED) is 0.424. The van der Waals surface area contributed by atoms with E-state index < -0.39 is 0 Å². The van der Waals surface area contributed by atoms with E-state index in [1.807, 2.05) is 30.5 Å². The van der Waals surface area contributed by atoms with Gasteiger partial charge < -0.3 is 9.30 Å². The van der Waals surface area contributed by atoms with Gasteiger partial charge in [-0.2, -0.15) is 0 Å². The van der Waals surface area contributed by atoms with E-state index >= 15 is 0 Å². The summed E-state index contributed by atoms with van der Waals surface area (Å²) < 4.78 is 20.5. The maximum atomic E-state index is 13.3. The number of carbonyl (C=O) groups is 1. The first-order valence-corrected chi connectivity index (χ1v) is 9.05. The zero-order chi connectivity index (χ0) is 20.3. The summed E-state index contributed by atoms with van der Waals surface area (Å²) in [5.74, 6) is -0.676. The maximum absolute atomic E-state index is 13.3. The first kappa shape index (κ1) is 19.4. The molecule has 28 heavy (non-hydrogen) atoms. The molecule has 3 rings (SSSR count). The molecular formula is C23H21FN2O2. The summed E-state index contributed by atoms with van der Waals surface area (Å²) in [7, 11) is 0. The van der Waals surface area contributed by atoms with Crippen molar-refractivity contribution >= 4 is 11.7 Å². The standard InChI is InChI=1S/C23H21FN2O2/c1-5-28-23(27)22-15(2)21(18-8-12-20(25-4)13-9-18)16(3)26(22)14-17-6-10-19(24)11-7-17/h6-13H,5,14H2,1-3H3. The number of esters is 1. The van der Waals surface area contributed by atoms with Gasteiger partial charge in [0.1, 0.15) is 11.5 Å². The van der Waals surface area contributed by atoms with Crippen LogP contribution in [0.1, 0.15) is 34.2 Å². The van der Waals surface area contributed by atoms with Crippen LogP contribution >= 0.6 is 0 Å². The van der Waals surface area contributed by atoms with Crippen LogP contribution in [0.3, 0.4) is 0 Å².